The molecule has 0 aromatic carbocycles. The lowest BCUT2D eigenvalue weighted by molar-refractivity contribution is -0.149. The minimum absolute atomic E-state index is 0.0532. The molecule has 0 amide bonds. The van der Waals surface area contributed by atoms with Gasteiger partial charge in [-0.05, 0) is 33.1 Å². The summed E-state index contributed by atoms with van der Waals surface area (Å²) in [4.78, 5) is 23.3. The van der Waals surface area contributed by atoms with Gasteiger partial charge in [0.1, 0.15) is 12.2 Å². The Hall–Kier alpha value is -1.62. The third-order valence-electron chi connectivity index (χ3n) is 5.71. The average Bonchev–Trinajstić information content (AvgIpc) is 2.94. The van der Waals surface area contributed by atoms with Gasteiger partial charge in [0.25, 0.3) is 0 Å². The van der Waals surface area contributed by atoms with E-state index in [0.717, 1.165) is 25.7 Å². The Bertz CT molecular complexity index is 576. The van der Waals surface area contributed by atoms with Crippen molar-refractivity contribution in [1.82, 2.24) is 0 Å². The van der Waals surface area contributed by atoms with Gasteiger partial charge in [0.05, 0.1) is 6.10 Å². The van der Waals surface area contributed by atoms with Crippen LogP contribution in [-0.4, -0.2) is 35.4 Å². The summed E-state index contributed by atoms with van der Waals surface area (Å²) in [6, 6.07) is 0. The van der Waals surface area contributed by atoms with E-state index in [9.17, 15) is 14.7 Å². The summed E-state index contributed by atoms with van der Waals surface area (Å²) in [5.74, 6) is -0.583. The monoisotopic (exact) mass is 422 g/mol. The zero-order valence-electron chi connectivity index (χ0n) is 19.6. The first-order chi connectivity index (χ1) is 14.2. The number of esters is 2. The van der Waals surface area contributed by atoms with Crippen LogP contribution in [0.25, 0.3) is 0 Å². The Morgan fingerprint density at radius 2 is 1.63 bits per heavy atom. The van der Waals surface area contributed by atoms with Crippen molar-refractivity contribution in [3.8, 4) is 0 Å². The van der Waals surface area contributed by atoms with E-state index in [4.69, 9.17) is 9.47 Å². The zero-order chi connectivity index (χ0) is 22.5. The predicted molar refractivity (Wildman–Crippen MR) is 120 cm³/mol. The van der Waals surface area contributed by atoms with Crippen LogP contribution >= 0.6 is 0 Å². The van der Waals surface area contributed by atoms with E-state index in [1.807, 2.05) is 26.0 Å². The van der Waals surface area contributed by atoms with Crippen LogP contribution in [0.1, 0.15) is 92.4 Å². The molecule has 0 spiro atoms. The fraction of sp³-hybridized carbons (Fsp3) is 0.760. The number of aliphatic hydroxyl groups is 1. The average molecular weight is 423 g/mol. The normalized spacial score (nSPS) is 24.6. The van der Waals surface area contributed by atoms with Crippen LogP contribution in [0.3, 0.4) is 0 Å². The van der Waals surface area contributed by atoms with Gasteiger partial charge < -0.3 is 14.6 Å². The van der Waals surface area contributed by atoms with E-state index in [1.165, 1.54) is 38.7 Å². The highest BCUT2D eigenvalue weighted by atomic mass is 16.6. The number of unbranched alkanes of at least 4 members (excludes halogenated alkanes) is 4. The maximum absolute atomic E-state index is 11.6. The van der Waals surface area contributed by atoms with Crippen LogP contribution in [0.5, 0.6) is 0 Å². The van der Waals surface area contributed by atoms with Crippen molar-refractivity contribution >= 4 is 11.9 Å². The summed E-state index contributed by atoms with van der Waals surface area (Å²) in [5, 5.41) is 10.4. The molecule has 0 aromatic rings. The number of rotatable bonds is 13. The molecule has 172 valence electrons. The van der Waals surface area contributed by atoms with Gasteiger partial charge in [-0.3, -0.25) is 9.59 Å². The molecular weight excluding hydrogens is 380 g/mol. The molecule has 0 aromatic heterocycles. The molecule has 1 aliphatic rings. The Balaban J connectivity index is 2.88. The highest BCUT2D eigenvalue weighted by molar-refractivity contribution is 5.67. The maximum Gasteiger partial charge on any atom is 0.302 e. The molecule has 0 bridgehead atoms. The van der Waals surface area contributed by atoms with Gasteiger partial charge in [0.15, 0.2) is 0 Å². The van der Waals surface area contributed by atoms with E-state index in [-0.39, 0.29) is 36.0 Å². The minimum atomic E-state index is -0.545. The van der Waals surface area contributed by atoms with Gasteiger partial charge in [-0.15, -0.1) is 0 Å². The molecule has 1 saturated carbocycles. The van der Waals surface area contributed by atoms with Gasteiger partial charge in [-0.2, -0.15) is 0 Å². The summed E-state index contributed by atoms with van der Waals surface area (Å²) in [6.07, 6.45) is 13.6. The molecule has 1 aliphatic carbocycles. The van der Waals surface area contributed by atoms with E-state index < -0.39 is 6.10 Å². The second kappa shape index (κ2) is 14.4. The molecule has 0 radical (unpaired) electrons. The minimum Gasteiger partial charge on any atom is -0.462 e. The Kier molecular flexibility index (Phi) is 12.7. The topological polar surface area (TPSA) is 72.8 Å². The van der Waals surface area contributed by atoms with Crippen molar-refractivity contribution in [3.63, 3.8) is 0 Å². The van der Waals surface area contributed by atoms with Crippen molar-refractivity contribution in [1.29, 1.82) is 0 Å². The quantitative estimate of drug-likeness (QED) is 0.241. The standard InChI is InChI=1S/C25H42O5/c1-6-7-8-9-10-14-22-23(16-15-21(28)13-11-12-18(2)3)25(30-20(5)27)17-24(22)29-19(4)26/h12,15-16,21-25,28H,6-11,13-14,17H2,1-5H3/b16-15+/t21-,22+,23+,24-,25+/m0/s1. The number of allylic oxidation sites excluding steroid dienone is 2. The van der Waals surface area contributed by atoms with Crippen LogP contribution in [0.4, 0.5) is 0 Å². The largest absolute Gasteiger partial charge is 0.462 e. The number of hydrogen-bond donors (Lipinski definition) is 1. The summed E-state index contributed by atoms with van der Waals surface area (Å²) in [5.41, 5.74) is 1.24. The first kappa shape index (κ1) is 26.4. The molecule has 0 aliphatic heterocycles. The van der Waals surface area contributed by atoms with Gasteiger partial charge in [0, 0.05) is 32.1 Å². The SMILES string of the molecule is CCCCCCC[C@@H]1[C@@H](/C=C/[C@@H](O)CCC=C(C)C)[C@H](OC(C)=O)C[C@@H]1OC(C)=O. The molecule has 0 saturated heterocycles. The van der Waals surface area contributed by atoms with Crippen molar-refractivity contribution in [2.75, 3.05) is 0 Å². The van der Waals surface area contributed by atoms with E-state index in [0.29, 0.717) is 12.8 Å². The van der Waals surface area contributed by atoms with Crippen molar-refractivity contribution < 1.29 is 24.2 Å². The summed E-state index contributed by atoms with van der Waals surface area (Å²) >= 11 is 0. The molecule has 5 atom stereocenters. The van der Waals surface area contributed by atoms with E-state index in [2.05, 4.69) is 13.0 Å². The van der Waals surface area contributed by atoms with Crippen molar-refractivity contribution in [3.05, 3.63) is 23.8 Å². The Morgan fingerprint density at radius 1 is 1.00 bits per heavy atom. The fourth-order valence-corrected chi connectivity index (χ4v) is 4.30. The van der Waals surface area contributed by atoms with Crippen LogP contribution in [0.2, 0.25) is 0 Å². The summed E-state index contributed by atoms with van der Waals surface area (Å²) in [6.45, 7) is 9.12. The number of aliphatic hydroxyl groups excluding tert-OH is 1. The number of hydrogen-bond acceptors (Lipinski definition) is 5. The predicted octanol–water partition coefficient (Wildman–Crippen LogP) is 5.51. The smallest absolute Gasteiger partial charge is 0.302 e. The van der Waals surface area contributed by atoms with Gasteiger partial charge in [-0.1, -0.05) is 62.8 Å². The van der Waals surface area contributed by atoms with E-state index >= 15 is 0 Å². The lowest BCUT2D eigenvalue weighted by atomic mass is 9.87. The number of ether oxygens (including phenoxy) is 2. The molecule has 0 unspecified atom stereocenters. The molecular formula is C25H42O5. The zero-order valence-corrected chi connectivity index (χ0v) is 19.6. The van der Waals surface area contributed by atoms with Crippen LogP contribution < -0.4 is 0 Å². The molecule has 1 rings (SSSR count). The molecule has 1 N–H and O–H groups in total. The fourth-order valence-electron chi connectivity index (χ4n) is 4.30. The van der Waals surface area contributed by atoms with Gasteiger partial charge in [-0.25, -0.2) is 0 Å². The lowest BCUT2D eigenvalue weighted by Gasteiger charge is -2.24. The third kappa shape index (κ3) is 10.4. The molecule has 30 heavy (non-hydrogen) atoms. The van der Waals surface area contributed by atoms with Crippen LogP contribution in [0.15, 0.2) is 23.8 Å². The number of carbonyl (C=O) groups is 2. The molecule has 5 nitrogen and oxygen atoms in total. The summed E-state index contributed by atoms with van der Waals surface area (Å²) in [7, 11) is 0. The molecule has 0 heterocycles. The van der Waals surface area contributed by atoms with Crippen LogP contribution in [0, 0.1) is 11.8 Å². The second-order valence-corrected chi connectivity index (χ2v) is 8.79. The second-order valence-electron chi connectivity index (χ2n) is 8.79. The molecule has 5 heteroatoms. The maximum atomic E-state index is 11.6. The Morgan fingerprint density at radius 3 is 2.23 bits per heavy atom. The van der Waals surface area contributed by atoms with Crippen molar-refractivity contribution in [2.24, 2.45) is 11.8 Å². The van der Waals surface area contributed by atoms with Gasteiger partial charge >= 0.3 is 11.9 Å². The highest BCUT2D eigenvalue weighted by Crippen LogP contribution is 2.41. The van der Waals surface area contributed by atoms with E-state index in [1.54, 1.807) is 0 Å². The first-order valence-corrected chi connectivity index (χ1v) is 11.6. The third-order valence-corrected chi connectivity index (χ3v) is 5.71. The lowest BCUT2D eigenvalue weighted by Crippen LogP contribution is -2.25. The first-order valence-electron chi connectivity index (χ1n) is 11.6. The molecule has 1 fully saturated rings. The highest BCUT2D eigenvalue weighted by Gasteiger charge is 2.45. The summed E-state index contributed by atoms with van der Waals surface area (Å²) < 4.78 is 11.2. The number of carbonyl (C=O) groups excluding carboxylic acids is 2. The van der Waals surface area contributed by atoms with Crippen LogP contribution in [-0.2, 0) is 19.1 Å². The van der Waals surface area contributed by atoms with Crippen molar-refractivity contribution in [2.45, 2.75) is 111 Å². The van der Waals surface area contributed by atoms with Gasteiger partial charge in [0.2, 0.25) is 0 Å². The Labute approximate surface area is 182 Å².